The molecule has 3 aromatic rings. The maximum atomic E-state index is 12.6. The molecule has 142 valence electrons. The highest BCUT2D eigenvalue weighted by Gasteiger charge is 2.20. The molecular formula is C25H21N3O. The molecular weight excluding hydrogens is 358 g/mol. The minimum Gasteiger partial charge on any atom is -0.299 e. The van der Waals surface area contributed by atoms with E-state index in [2.05, 4.69) is 35.1 Å². The minimum absolute atomic E-state index is 0.190. The van der Waals surface area contributed by atoms with Gasteiger partial charge in [-0.1, -0.05) is 49.4 Å². The maximum absolute atomic E-state index is 12.6. The number of pyridine rings is 1. The molecule has 2 heterocycles. The minimum atomic E-state index is 0.190. The standard InChI is InChI=1S/C25H21N3O/c1-17(19-7-3-2-4-8-19)10-23(29)13-22-12-21-15-28-25(24(21)16-27-22)20-9-5-6-18(11-20)14-26/h2-9,11-12,16-17H,10,13,15H2,1H3/t17-/m0/s1. The lowest BCUT2D eigenvalue weighted by atomic mass is 9.94. The zero-order chi connectivity index (χ0) is 20.2. The average molecular weight is 379 g/mol. The molecule has 4 rings (SSSR count). The van der Waals surface area contributed by atoms with E-state index in [-0.39, 0.29) is 11.7 Å². The van der Waals surface area contributed by atoms with Crippen LogP contribution in [0, 0.1) is 11.3 Å². The van der Waals surface area contributed by atoms with Crippen molar-refractivity contribution in [3.63, 3.8) is 0 Å². The van der Waals surface area contributed by atoms with Crippen molar-refractivity contribution in [2.75, 3.05) is 0 Å². The van der Waals surface area contributed by atoms with E-state index in [0.29, 0.717) is 24.9 Å². The van der Waals surface area contributed by atoms with E-state index >= 15 is 0 Å². The van der Waals surface area contributed by atoms with E-state index < -0.39 is 0 Å². The number of nitriles is 1. The van der Waals surface area contributed by atoms with Crippen LogP contribution in [0.1, 0.15) is 52.8 Å². The van der Waals surface area contributed by atoms with Gasteiger partial charge in [0.25, 0.3) is 0 Å². The molecule has 4 nitrogen and oxygen atoms in total. The summed E-state index contributed by atoms with van der Waals surface area (Å²) in [5.41, 5.74) is 6.42. The molecule has 0 saturated carbocycles. The lowest BCUT2D eigenvalue weighted by Crippen LogP contribution is -2.10. The van der Waals surface area contributed by atoms with Crippen molar-refractivity contribution in [1.82, 2.24) is 4.98 Å². The van der Waals surface area contributed by atoms with Crippen LogP contribution >= 0.6 is 0 Å². The molecule has 0 spiro atoms. The summed E-state index contributed by atoms with van der Waals surface area (Å²) in [6.45, 7) is 2.66. The van der Waals surface area contributed by atoms with Gasteiger partial charge >= 0.3 is 0 Å². The van der Waals surface area contributed by atoms with Gasteiger partial charge in [0, 0.05) is 35.9 Å². The number of carbonyl (C=O) groups is 1. The predicted molar refractivity (Wildman–Crippen MR) is 113 cm³/mol. The maximum Gasteiger partial charge on any atom is 0.139 e. The van der Waals surface area contributed by atoms with Crippen molar-refractivity contribution in [3.8, 4) is 6.07 Å². The van der Waals surface area contributed by atoms with Crippen molar-refractivity contribution in [2.24, 2.45) is 4.99 Å². The normalized spacial score (nSPS) is 13.3. The molecule has 0 aliphatic carbocycles. The fourth-order valence-electron chi connectivity index (χ4n) is 3.73. The summed E-state index contributed by atoms with van der Waals surface area (Å²) in [6.07, 6.45) is 2.65. The fourth-order valence-corrected chi connectivity index (χ4v) is 3.73. The number of aromatic nitrogens is 1. The van der Waals surface area contributed by atoms with Crippen molar-refractivity contribution in [3.05, 3.63) is 100 Å². The van der Waals surface area contributed by atoms with E-state index in [9.17, 15) is 4.79 Å². The molecule has 1 aliphatic rings. The van der Waals surface area contributed by atoms with Gasteiger partial charge in [0.2, 0.25) is 0 Å². The van der Waals surface area contributed by atoms with Gasteiger partial charge in [-0.05, 0) is 35.2 Å². The molecule has 1 aromatic heterocycles. The van der Waals surface area contributed by atoms with Gasteiger partial charge in [-0.25, -0.2) is 0 Å². The number of rotatable bonds is 6. The van der Waals surface area contributed by atoms with E-state index in [1.165, 1.54) is 5.56 Å². The fraction of sp³-hybridized carbons (Fsp3) is 0.200. The Labute approximate surface area is 170 Å². The second kappa shape index (κ2) is 8.20. The van der Waals surface area contributed by atoms with Crippen molar-refractivity contribution in [1.29, 1.82) is 5.26 Å². The lowest BCUT2D eigenvalue weighted by Gasteiger charge is -2.11. The van der Waals surface area contributed by atoms with E-state index in [0.717, 1.165) is 28.1 Å². The van der Waals surface area contributed by atoms with Gasteiger partial charge in [0.15, 0.2) is 0 Å². The molecule has 4 heteroatoms. The molecule has 2 aromatic carbocycles. The van der Waals surface area contributed by atoms with Crippen LogP contribution in [-0.2, 0) is 17.8 Å². The molecule has 1 aliphatic heterocycles. The smallest absolute Gasteiger partial charge is 0.139 e. The summed E-state index contributed by atoms with van der Waals surface area (Å²) in [5.74, 6) is 0.384. The van der Waals surface area contributed by atoms with Crippen LogP contribution in [0.4, 0.5) is 0 Å². The summed E-state index contributed by atoms with van der Waals surface area (Å²) in [4.78, 5) is 21.7. The summed E-state index contributed by atoms with van der Waals surface area (Å²) >= 11 is 0. The highest BCUT2D eigenvalue weighted by Crippen LogP contribution is 2.25. The van der Waals surface area contributed by atoms with Crippen LogP contribution in [-0.4, -0.2) is 16.5 Å². The summed E-state index contributed by atoms with van der Waals surface area (Å²) in [6, 6.07) is 21.7. The Kier molecular flexibility index (Phi) is 5.31. The van der Waals surface area contributed by atoms with E-state index in [1.807, 2.05) is 48.7 Å². The number of hydrogen-bond acceptors (Lipinski definition) is 4. The molecule has 0 fully saturated rings. The quantitative estimate of drug-likeness (QED) is 0.628. The van der Waals surface area contributed by atoms with Crippen molar-refractivity contribution in [2.45, 2.75) is 32.2 Å². The first kappa shape index (κ1) is 18.8. The van der Waals surface area contributed by atoms with Crippen molar-refractivity contribution < 1.29 is 4.79 Å². The number of fused-ring (bicyclic) bond motifs is 1. The number of ketones is 1. The molecule has 0 bridgehead atoms. The van der Waals surface area contributed by atoms with Crippen LogP contribution in [0.3, 0.4) is 0 Å². The van der Waals surface area contributed by atoms with Crippen LogP contribution in [0.25, 0.3) is 0 Å². The molecule has 0 radical (unpaired) electrons. The van der Waals surface area contributed by atoms with Crippen LogP contribution in [0.5, 0.6) is 0 Å². The Morgan fingerprint density at radius 2 is 1.97 bits per heavy atom. The lowest BCUT2D eigenvalue weighted by molar-refractivity contribution is -0.118. The van der Waals surface area contributed by atoms with Gasteiger partial charge in [-0.3, -0.25) is 14.8 Å². The molecule has 29 heavy (non-hydrogen) atoms. The average Bonchev–Trinajstić information content (AvgIpc) is 3.17. The number of aliphatic imine (C=N–C) groups is 1. The second-order valence-corrected chi connectivity index (χ2v) is 7.42. The number of hydrogen-bond donors (Lipinski definition) is 0. The monoisotopic (exact) mass is 379 g/mol. The zero-order valence-corrected chi connectivity index (χ0v) is 16.3. The molecule has 0 saturated heterocycles. The van der Waals surface area contributed by atoms with Gasteiger partial charge in [-0.2, -0.15) is 5.26 Å². The summed E-state index contributed by atoms with van der Waals surface area (Å²) in [5, 5.41) is 9.12. The highest BCUT2D eigenvalue weighted by atomic mass is 16.1. The number of carbonyl (C=O) groups excluding carboxylic acids is 1. The SMILES string of the molecule is C[C@@H](CC(=O)Cc1cc2c(cn1)C(c1cccc(C#N)c1)=NC2)c1ccccc1. The third-order valence-corrected chi connectivity index (χ3v) is 5.25. The highest BCUT2D eigenvalue weighted by molar-refractivity contribution is 6.15. The second-order valence-electron chi connectivity index (χ2n) is 7.42. The third kappa shape index (κ3) is 4.14. The number of Topliss-reactive ketones (excluding diaryl/α,β-unsaturated/α-hetero) is 1. The van der Waals surface area contributed by atoms with Crippen LogP contribution in [0.15, 0.2) is 71.9 Å². The first-order chi connectivity index (χ1) is 14.1. The van der Waals surface area contributed by atoms with Gasteiger partial charge in [0.1, 0.15) is 5.78 Å². The van der Waals surface area contributed by atoms with E-state index in [4.69, 9.17) is 5.26 Å². The Morgan fingerprint density at radius 1 is 1.14 bits per heavy atom. The Morgan fingerprint density at radius 3 is 2.76 bits per heavy atom. The first-order valence-electron chi connectivity index (χ1n) is 9.74. The Hall–Kier alpha value is -3.58. The van der Waals surface area contributed by atoms with Crippen molar-refractivity contribution >= 4 is 11.5 Å². The van der Waals surface area contributed by atoms with Crippen LogP contribution < -0.4 is 0 Å². The Bertz CT molecular complexity index is 1130. The molecule has 0 amide bonds. The third-order valence-electron chi connectivity index (χ3n) is 5.25. The van der Waals surface area contributed by atoms with Crippen LogP contribution in [0.2, 0.25) is 0 Å². The van der Waals surface area contributed by atoms with Gasteiger partial charge in [-0.15, -0.1) is 0 Å². The van der Waals surface area contributed by atoms with E-state index in [1.54, 1.807) is 6.07 Å². The Balaban J connectivity index is 1.46. The largest absolute Gasteiger partial charge is 0.299 e. The number of nitrogens with zero attached hydrogens (tertiary/aromatic N) is 3. The molecule has 1 atom stereocenters. The van der Waals surface area contributed by atoms with Gasteiger partial charge in [0.05, 0.1) is 23.9 Å². The zero-order valence-electron chi connectivity index (χ0n) is 16.3. The summed E-state index contributed by atoms with van der Waals surface area (Å²) in [7, 11) is 0. The van der Waals surface area contributed by atoms with Gasteiger partial charge < -0.3 is 0 Å². The first-order valence-corrected chi connectivity index (χ1v) is 9.74. The molecule has 0 N–H and O–H groups in total. The predicted octanol–water partition coefficient (Wildman–Crippen LogP) is 4.61. The summed E-state index contributed by atoms with van der Waals surface area (Å²) < 4.78 is 0. The topological polar surface area (TPSA) is 66.1 Å². The molecule has 0 unspecified atom stereocenters. The number of benzene rings is 2.